The van der Waals surface area contributed by atoms with Crippen molar-refractivity contribution in [3.8, 4) is 0 Å². The molecule has 0 aliphatic heterocycles. The third-order valence-corrected chi connectivity index (χ3v) is 4.29. The zero-order valence-electron chi connectivity index (χ0n) is 11.5. The number of fused-ring (bicyclic) bond motifs is 1. The Bertz CT molecular complexity index is 763. The number of aliphatic hydroxyl groups excluding tert-OH is 1. The van der Waals surface area contributed by atoms with Gasteiger partial charge in [0.05, 0.1) is 22.0 Å². The van der Waals surface area contributed by atoms with E-state index in [4.69, 9.17) is 5.11 Å². The molecule has 2 rings (SSSR count). The lowest BCUT2D eigenvalue weighted by Crippen LogP contribution is -2.34. The molecular formula is C12H18N4O4S. The Kier molecular flexibility index (Phi) is 4.78. The van der Waals surface area contributed by atoms with E-state index in [1.54, 1.807) is 6.92 Å². The number of aromatic amines is 2. The minimum atomic E-state index is -3.63. The Morgan fingerprint density at radius 1 is 1.24 bits per heavy atom. The molecule has 5 N–H and O–H groups in total. The largest absolute Gasteiger partial charge is 0.392 e. The summed E-state index contributed by atoms with van der Waals surface area (Å²) >= 11 is 0. The van der Waals surface area contributed by atoms with Crippen LogP contribution in [-0.4, -0.2) is 49.2 Å². The Balaban J connectivity index is 2.02. The highest BCUT2D eigenvalue weighted by Gasteiger charge is 2.14. The summed E-state index contributed by atoms with van der Waals surface area (Å²) < 4.78 is 26.6. The predicted octanol–water partition coefficient (Wildman–Crippen LogP) is -0.895. The SMILES string of the molecule is CC(O)CNCCNS(=O)(=O)c1ccc2[nH]c(=O)[nH]c2c1. The number of H-pyrrole nitrogens is 2. The van der Waals surface area contributed by atoms with Crippen LogP contribution in [0.3, 0.4) is 0 Å². The fourth-order valence-electron chi connectivity index (χ4n) is 1.85. The number of rotatable bonds is 7. The molecule has 1 atom stereocenters. The summed E-state index contributed by atoms with van der Waals surface area (Å²) in [5.74, 6) is 0. The summed E-state index contributed by atoms with van der Waals surface area (Å²) in [6, 6.07) is 4.37. The van der Waals surface area contributed by atoms with E-state index in [2.05, 4.69) is 20.0 Å². The first kappa shape index (κ1) is 15.7. The maximum Gasteiger partial charge on any atom is 0.323 e. The van der Waals surface area contributed by atoms with Crippen molar-refractivity contribution in [1.29, 1.82) is 0 Å². The summed E-state index contributed by atoms with van der Waals surface area (Å²) in [5.41, 5.74) is 0.613. The third-order valence-electron chi connectivity index (χ3n) is 2.83. The average Bonchev–Trinajstić information content (AvgIpc) is 2.76. The van der Waals surface area contributed by atoms with E-state index in [-0.39, 0.29) is 17.1 Å². The smallest absolute Gasteiger partial charge is 0.323 e. The van der Waals surface area contributed by atoms with Crippen molar-refractivity contribution < 1.29 is 13.5 Å². The van der Waals surface area contributed by atoms with E-state index < -0.39 is 16.1 Å². The van der Waals surface area contributed by atoms with Gasteiger partial charge in [-0.05, 0) is 25.1 Å². The Morgan fingerprint density at radius 2 is 1.95 bits per heavy atom. The van der Waals surface area contributed by atoms with Gasteiger partial charge in [0.2, 0.25) is 10.0 Å². The van der Waals surface area contributed by atoms with Crippen molar-refractivity contribution in [2.24, 2.45) is 0 Å². The molecule has 0 saturated carbocycles. The third kappa shape index (κ3) is 4.14. The lowest BCUT2D eigenvalue weighted by molar-refractivity contribution is 0.192. The molecule has 0 aliphatic rings. The first-order chi connectivity index (χ1) is 9.88. The normalized spacial score (nSPS) is 13.6. The number of hydrogen-bond acceptors (Lipinski definition) is 5. The van der Waals surface area contributed by atoms with Crippen LogP contribution in [0.25, 0.3) is 11.0 Å². The molecule has 2 aromatic rings. The zero-order valence-corrected chi connectivity index (χ0v) is 12.3. The van der Waals surface area contributed by atoms with Crippen LogP contribution in [0.1, 0.15) is 6.92 Å². The van der Waals surface area contributed by atoms with Crippen LogP contribution < -0.4 is 15.7 Å². The van der Waals surface area contributed by atoms with Gasteiger partial charge >= 0.3 is 5.69 Å². The van der Waals surface area contributed by atoms with Gasteiger partial charge in [-0.1, -0.05) is 0 Å². The van der Waals surface area contributed by atoms with Gasteiger partial charge in [-0.25, -0.2) is 17.9 Å². The lowest BCUT2D eigenvalue weighted by Gasteiger charge is -2.09. The molecule has 1 heterocycles. The monoisotopic (exact) mass is 314 g/mol. The summed E-state index contributed by atoms with van der Waals surface area (Å²) in [4.78, 5) is 16.3. The van der Waals surface area contributed by atoms with E-state index in [0.717, 1.165) is 0 Å². The fourth-order valence-corrected chi connectivity index (χ4v) is 2.90. The van der Waals surface area contributed by atoms with Crippen molar-refractivity contribution in [3.05, 3.63) is 28.7 Å². The molecule has 21 heavy (non-hydrogen) atoms. The molecule has 0 amide bonds. The number of sulfonamides is 1. The second-order valence-corrected chi connectivity index (χ2v) is 6.50. The summed E-state index contributed by atoms with van der Waals surface area (Å²) in [6.45, 7) is 2.66. The van der Waals surface area contributed by atoms with Gasteiger partial charge in [-0.15, -0.1) is 0 Å². The highest BCUT2D eigenvalue weighted by Crippen LogP contribution is 2.14. The van der Waals surface area contributed by atoms with Crippen molar-refractivity contribution in [2.75, 3.05) is 19.6 Å². The molecule has 116 valence electrons. The number of nitrogens with one attached hydrogen (secondary N) is 4. The molecule has 1 unspecified atom stereocenters. The van der Waals surface area contributed by atoms with Crippen LogP contribution in [0.4, 0.5) is 0 Å². The Hall–Kier alpha value is -1.68. The van der Waals surface area contributed by atoms with Gasteiger partial charge in [0.1, 0.15) is 0 Å². The molecule has 0 saturated heterocycles. The topological polar surface area (TPSA) is 127 Å². The Morgan fingerprint density at radius 3 is 2.67 bits per heavy atom. The first-order valence-electron chi connectivity index (χ1n) is 6.49. The van der Waals surface area contributed by atoms with E-state index in [1.165, 1.54) is 18.2 Å². The van der Waals surface area contributed by atoms with Gasteiger partial charge in [-0.3, -0.25) is 0 Å². The van der Waals surface area contributed by atoms with Gasteiger partial charge in [0.15, 0.2) is 0 Å². The molecule has 9 heteroatoms. The van der Waals surface area contributed by atoms with Crippen LogP contribution in [0, 0.1) is 0 Å². The van der Waals surface area contributed by atoms with E-state index in [0.29, 0.717) is 24.1 Å². The highest BCUT2D eigenvalue weighted by molar-refractivity contribution is 7.89. The van der Waals surface area contributed by atoms with Crippen LogP contribution in [0.5, 0.6) is 0 Å². The maximum absolute atomic E-state index is 12.1. The quantitative estimate of drug-likeness (QED) is 0.423. The summed E-state index contributed by atoms with van der Waals surface area (Å²) in [6.07, 6.45) is -0.477. The van der Waals surface area contributed by atoms with Crippen molar-refractivity contribution in [2.45, 2.75) is 17.9 Å². The van der Waals surface area contributed by atoms with Gasteiger partial charge < -0.3 is 20.4 Å². The van der Waals surface area contributed by atoms with Crippen LogP contribution >= 0.6 is 0 Å². The highest BCUT2D eigenvalue weighted by atomic mass is 32.2. The number of aliphatic hydroxyl groups is 1. The molecule has 0 fully saturated rings. The molecular weight excluding hydrogens is 296 g/mol. The number of hydrogen-bond donors (Lipinski definition) is 5. The minimum Gasteiger partial charge on any atom is -0.392 e. The van der Waals surface area contributed by atoms with E-state index >= 15 is 0 Å². The number of imidazole rings is 1. The second kappa shape index (κ2) is 6.39. The first-order valence-corrected chi connectivity index (χ1v) is 7.97. The molecule has 1 aromatic carbocycles. The average molecular weight is 314 g/mol. The molecule has 0 bridgehead atoms. The van der Waals surface area contributed by atoms with Gasteiger partial charge in [-0.2, -0.15) is 0 Å². The number of benzene rings is 1. The van der Waals surface area contributed by atoms with E-state index in [1.807, 2.05) is 0 Å². The number of aromatic nitrogens is 2. The second-order valence-electron chi connectivity index (χ2n) is 4.74. The van der Waals surface area contributed by atoms with Crippen molar-refractivity contribution in [3.63, 3.8) is 0 Å². The molecule has 0 radical (unpaired) electrons. The molecule has 0 aliphatic carbocycles. The van der Waals surface area contributed by atoms with Crippen LogP contribution in [0.2, 0.25) is 0 Å². The summed E-state index contributed by atoms with van der Waals surface area (Å²) in [5, 5.41) is 12.0. The fraction of sp³-hybridized carbons (Fsp3) is 0.417. The minimum absolute atomic E-state index is 0.0841. The van der Waals surface area contributed by atoms with Crippen LogP contribution in [-0.2, 0) is 10.0 Å². The van der Waals surface area contributed by atoms with Crippen LogP contribution in [0.15, 0.2) is 27.9 Å². The van der Waals surface area contributed by atoms with Crippen molar-refractivity contribution >= 4 is 21.1 Å². The predicted molar refractivity (Wildman–Crippen MR) is 78.7 cm³/mol. The summed E-state index contributed by atoms with van der Waals surface area (Å²) in [7, 11) is -3.63. The lowest BCUT2D eigenvalue weighted by atomic mass is 10.3. The molecule has 8 nitrogen and oxygen atoms in total. The van der Waals surface area contributed by atoms with E-state index in [9.17, 15) is 13.2 Å². The van der Waals surface area contributed by atoms with Gasteiger partial charge in [0.25, 0.3) is 0 Å². The molecule has 1 aromatic heterocycles. The zero-order chi connectivity index (χ0) is 15.5. The van der Waals surface area contributed by atoms with Crippen molar-refractivity contribution in [1.82, 2.24) is 20.0 Å². The van der Waals surface area contributed by atoms with Gasteiger partial charge in [0, 0.05) is 19.6 Å². The maximum atomic E-state index is 12.1. The Labute approximate surface area is 121 Å². The standard InChI is InChI=1S/C12H18N4O4S/c1-8(17)7-13-4-5-14-21(19,20)9-2-3-10-11(6-9)16-12(18)15-10/h2-3,6,8,13-14,17H,4-5,7H2,1H3,(H2,15,16,18). The molecule has 0 spiro atoms.